The summed E-state index contributed by atoms with van der Waals surface area (Å²) in [5.74, 6) is 1.67. The maximum absolute atomic E-state index is 5.90. The number of ether oxygens (including phenoxy) is 2. The molecule has 0 atom stereocenters. The summed E-state index contributed by atoms with van der Waals surface area (Å²) < 4.78 is 11.0. The quantitative estimate of drug-likeness (QED) is 0.152. The zero-order valence-corrected chi connectivity index (χ0v) is 21.6. The van der Waals surface area contributed by atoms with Gasteiger partial charge in [0, 0.05) is 44.5 Å². The van der Waals surface area contributed by atoms with Gasteiger partial charge < -0.3 is 25.0 Å². The first-order valence-corrected chi connectivity index (χ1v) is 10.9. The molecule has 174 valence electrons. The Kier molecular flexibility index (Phi) is 11.4. The molecule has 0 aliphatic carbocycles. The molecular formula is C25H35IN4O2. The summed E-state index contributed by atoms with van der Waals surface area (Å²) in [6.45, 7) is 9.28. The monoisotopic (exact) mass is 550 g/mol. The minimum absolute atomic E-state index is 0. The Labute approximate surface area is 209 Å². The van der Waals surface area contributed by atoms with E-state index in [1.807, 2.05) is 0 Å². The van der Waals surface area contributed by atoms with Crippen LogP contribution in [0.15, 0.2) is 59.6 Å². The average Bonchev–Trinajstić information content (AvgIpc) is 3.32. The number of benzene rings is 2. The van der Waals surface area contributed by atoms with Crippen molar-refractivity contribution in [2.24, 2.45) is 4.99 Å². The lowest BCUT2D eigenvalue weighted by molar-refractivity contribution is 0.145. The maximum Gasteiger partial charge on any atom is 0.191 e. The standard InChI is InChI=1S/C25H34N4O2.HI/c1-4-26-25(27-18-21-8-11-23(12-9-21)29-13-5-6-14-29)28-19-22-10-7-20(2)17-24(22)31-16-15-30-3;/h5-12,17H,4,13-16,18-19H2,1-3H3,(H2,26,27,28);1H. The van der Waals surface area contributed by atoms with Crippen LogP contribution in [0.25, 0.3) is 0 Å². The van der Waals surface area contributed by atoms with Crippen molar-refractivity contribution in [2.75, 3.05) is 44.9 Å². The van der Waals surface area contributed by atoms with E-state index in [2.05, 4.69) is 84.0 Å². The number of halogens is 1. The van der Waals surface area contributed by atoms with Gasteiger partial charge in [-0.15, -0.1) is 24.0 Å². The number of hydrogen-bond donors (Lipinski definition) is 2. The summed E-state index contributed by atoms with van der Waals surface area (Å²) >= 11 is 0. The summed E-state index contributed by atoms with van der Waals surface area (Å²) in [7, 11) is 1.68. The molecule has 0 amide bonds. The molecule has 0 aromatic heterocycles. The molecule has 1 aliphatic rings. The summed E-state index contributed by atoms with van der Waals surface area (Å²) in [5.41, 5.74) is 4.70. The number of methoxy groups -OCH3 is 1. The molecule has 2 aromatic rings. The van der Waals surface area contributed by atoms with Crippen molar-refractivity contribution in [3.63, 3.8) is 0 Å². The first kappa shape index (κ1) is 26.0. The van der Waals surface area contributed by atoms with Crippen LogP contribution in [0.1, 0.15) is 23.6 Å². The van der Waals surface area contributed by atoms with Crippen molar-refractivity contribution in [3.05, 3.63) is 71.3 Å². The van der Waals surface area contributed by atoms with Gasteiger partial charge in [0.25, 0.3) is 0 Å². The smallest absolute Gasteiger partial charge is 0.191 e. The zero-order valence-electron chi connectivity index (χ0n) is 19.3. The highest BCUT2D eigenvalue weighted by molar-refractivity contribution is 14.0. The van der Waals surface area contributed by atoms with E-state index in [0.29, 0.717) is 26.3 Å². The molecule has 0 saturated carbocycles. The Morgan fingerprint density at radius 2 is 1.78 bits per heavy atom. The molecule has 1 heterocycles. The Morgan fingerprint density at radius 1 is 1.03 bits per heavy atom. The Hall–Kier alpha value is -2.26. The lowest BCUT2D eigenvalue weighted by Crippen LogP contribution is -2.36. The highest BCUT2D eigenvalue weighted by Crippen LogP contribution is 2.20. The predicted octanol–water partition coefficient (Wildman–Crippen LogP) is 4.27. The first-order chi connectivity index (χ1) is 15.2. The van der Waals surface area contributed by atoms with Gasteiger partial charge in [-0.2, -0.15) is 0 Å². The molecule has 0 unspecified atom stereocenters. The van der Waals surface area contributed by atoms with E-state index >= 15 is 0 Å². The van der Waals surface area contributed by atoms with Gasteiger partial charge in [0.05, 0.1) is 13.2 Å². The molecule has 0 saturated heterocycles. The SMILES string of the molecule is CCNC(=NCc1ccc(N2CC=CC2)cc1)NCc1ccc(C)cc1OCCOC.I. The van der Waals surface area contributed by atoms with E-state index < -0.39 is 0 Å². The van der Waals surface area contributed by atoms with Crippen LogP contribution < -0.4 is 20.3 Å². The lowest BCUT2D eigenvalue weighted by Gasteiger charge is -2.17. The molecule has 0 bridgehead atoms. The normalized spacial score (nSPS) is 13.1. The fraction of sp³-hybridized carbons (Fsp3) is 0.400. The van der Waals surface area contributed by atoms with E-state index in [-0.39, 0.29) is 24.0 Å². The van der Waals surface area contributed by atoms with Crippen LogP contribution in [0.3, 0.4) is 0 Å². The van der Waals surface area contributed by atoms with Crippen LogP contribution in [0.2, 0.25) is 0 Å². The third-order valence-corrected chi connectivity index (χ3v) is 5.10. The molecule has 6 nitrogen and oxygen atoms in total. The minimum atomic E-state index is 0. The fourth-order valence-corrected chi connectivity index (χ4v) is 3.37. The number of aryl methyl sites for hydroxylation is 1. The third-order valence-electron chi connectivity index (χ3n) is 5.10. The molecule has 3 rings (SSSR count). The van der Waals surface area contributed by atoms with Crippen LogP contribution in [0, 0.1) is 6.92 Å². The predicted molar refractivity (Wildman–Crippen MR) is 143 cm³/mol. The largest absolute Gasteiger partial charge is 0.491 e. The van der Waals surface area contributed by atoms with Crippen molar-refractivity contribution in [1.29, 1.82) is 0 Å². The Morgan fingerprint density at radius 3 is 2.47 bits per heavy atom. The maximum atomic E-state index is 5.90. The average molecular weight is 550 g/mol. The summed E-state index contributed by atoms with van der Waals surface area (Å²) in [5, 5.41) is 6.75. The lowest BCUT2D eigenvalue weighted by atomic mass is 10.1. The molecule has 7 heteroatoms. The molecular weight excluding hydrogens is 515 g/mol. The van der Waals surface area contributed by atoms with Crippen molar-refractivity contribution in [3.8, 4) is 5.75 Å². The van der Waals surface area contributed by atoms with Crippen molar-refractivity contribution in [1.82, 2.24) is 10.6 Å². The van der Waals surface area contributed by atoms with E-state index in [1.54, 1.807) is 7.11 Å². The Bertz CT molecular complexity index is 876. The zero-order chi connectivity index (χ0) is 21.9. The van der Waals surface area contributed by atoms with Crippen molar-refractivity contribution < 1.29 is 9.47 Å². The van der Waals surface area contributed by atoms with Gasteiger partial charge in [0.15, 0.2) is 5.96 Å². The topological polar surface area (TPSA) is 58.1 Å². The van der Waals surface area contributed by atoms with Crippen LogP contribution in [-0.4, -0.2) is 45.9 Å². The first-order valence-electron chi connectivity index (χ1n) is 10.9. The van der Waals surface area contributed by atoms with E-state index in [9.17, 15) is 0 Å². The van der Waals surface area contributed by atoms with Gasteiger partial charge in [0.1, 0.15) is 12.4 Å². The van der Waals surface area contributed by atoms with Crippen LogP contribution in [-0.2, 0) is 17.8 Å². The van der Waals surface area contributed by atoms with Crippen molar-refractivity contribution in [2.45, 2.75) is 26.9 Å². The van der Waals surface area contributed by atoms with E-state index in [1.165, 1.54) is 16.8 Å². The van der Waals surface area contributed by atoms with Crippen molar-refractivity contribution >= 4 is 35.6 Å². The minimum Gasteiger partial charge on any atom is -0.491 e. The van der Waals surface area contributed by atoms with E-state index in [4.69, 9.17) is 14.5 Å². The molecule has 2 N–H and O–H groups in total. The molecule has 1 aliphatic heterocycles. The molecule has 0 radical (unpaired) electrons. The second-order valence-corrected chi connectivity index (χ2v) is 7.54. The number of nitrogens with one attached hydrogen (secondary N) is 2. The van der Waals surface area contributed by atoms with E-state index in [0.717, 1.165) is 36.9 Å². The van der Waals surface area contributed by atoms with Gasteiger partial charge in [-0.3, -0.25) is 0 Å². The van der Waals surface area contributed by atoms with Crippen LogP contribution in [0.4, 0.5) is 5.69 Å². The molecule has 2 aromatic carbocycles. The number of guanidine groups is 1. The van der Waals surface area contributed by atoms with Crippen LogP contribution in [0.5, 0.6) is 5.75 Å². The molecule has 0 fully saturated rings. The Balaban J connectivity index is 0.00000363. The summed E-state index contributed by atoms with van der Waals surface area (Å²) in [6.07, 6.45) is 4.41. The molecule has 0 spiro atoms. The fourth-order valence-electron chi connectivity index (χ4n) is 3.37. The number of anilines is 1. The van der Waals surface area contributed by atoms with Crippen LogP contribution >= 0.6 is 24.0 Å². The highest BCUT2D eigenvalue weighted by atomic mass is 127. The van der Waals surface area contributed by atoms with Gasteiger partial charge in [-0.25, -0.2) is 4.99 Å². The van der Waals surface area contributed by atoms with Gasteiger partial charge in [0.2, 0.25) is 0 Å². The van der Waals surface area contributed by atoms with Gasteiger partial charge >= 0.3 is 0 Å². The number of aliphatic imine (C=N–C) groups is 1. The second-order valence-electron chi connectivity index (χ2n) is 7.54. The second kappa shape index (κ2) is 14.0. The molecule has 32 heavy (non-hydrogen) atoms. The summed E-state index contributed by atoms with van der Waals surface area (Å²) in [6, 6.07) is 14.9. The van der Waals surface area contributed by atoms with Gasteiger partial charge in [-0.05, 0) is 43.2 Å². The highest BCUT2D eigenvalue weighted by Gasteiger charge is 2.08. The number of rotatable bonds is 10. The number of hydrogen-bond acceptors (Lipinski definition) is 4. The summed E-state index contributed by atoms with van der Waals surface area (Å²) in [4.78, 5) is 7.10. The third kappa shape index (κ3) is 8.02. The van der Waals surface area contributed by atoms with Gasteiger partial charge in [-0.1, -0.05) is 36.4 Å². The number of nitrogens with zero attached hydrogens (tertiary/aromatic N) is 2.